The number of carbonyl (C=O) groups is 1. The first-order chi connectivity index (χ1) is 13.7. The predicted octanol–water partition coefficient (Wildman–Crippen LogP) is 1.27. The van der Waals surface area contributed by atoms with Crippen LogP contribution >= 0.6 is 11.6 Å². The Bertz CT molecular complexity index is 1280. The molecular formula is C17H14ClN5O6. The van der Waals surface area contributed by atoms with Crippen molar-refractivity contribution in [2.75, 3.05) is 0 Å². The first-order valence-corrected chi connectivity index (χ1v) is 8.59. The van der Waals surface area contributed by atoms with Crippen LogP contribution in [0.2, 0.25) is 5.02 Å². The van der Waals surface area contributed by atoms with Gasteiger partial charge in [0, 0.05) is 11.6 Å². The number of carboxylic acid groups (broad SMARTS) is 1. The van der Waals surface area contributed by atoms with Crippen LogP contribution in [0.5, 0.6) is 11.6 Å². The molecule has 0 unspecified atom stereocenters. The summed E-state index contributed by atoms with van der Waals surface area (Å²) in [5.41, 5.74) is -2.65. The van der Waals surface area contributed by atoms with Gasteiger partial charge in [0.1, 0.15) is 5.75 Å². The number of aromatic carboxylic acids is 1. The van der Waals surface area contributed by atoms with E-state index in [-0.39, 0.29) is 33.8 Å². The van der Waals surface area contributed by atoms with Gasteiger partial charge in [-0.05, 0) is 24.1 Å². The van der Waals surface area contributed by atoms with E-state index in [2.05, 4.69) is 15.3 Å². The van der Waals surface area contributed by atoms with E-state index >= 15 is 0 Å². The fourth-order valence-corrected chi connectivity index (χ4v) is 2.63. The molecule has 0 bridgehead atoms. The highest BCUT2D eigenvalue weighted by atomic mass is 35.5. The molecule has 0 saturated heterocycles. The van der Waals surface area contributed by atoms with Crippen molar-refractivity contribution in [3.8, 4) is 17.3 Å². The highest BCUT2D eigenvalue weighted by Crippen LogP contribution is 2.30. The Morgan fingerprint density at radius 1 is 1.21 bits per heavy atom. The van der Waals surface area contributed by atoms with Crippen molar-refractivity contribution in [3.05, 3.63) is 71.7 Å². The molecule has 0 spiro atoms. The number of hydrogen-bond donors (Lipinski definition) is 3. The van der Waals surface area contributed by atoms with Gasteiger partial charge in [0.2, 0.25) is 11.6 Å². The lowest BCUT2D eigenvalue weighted by Gasteiger charge is -2.10. The first-order valence-electron chi connectivity index (χ1n) is 8.21. The lowest BCUT2D eigenvalue weighted by atomic mass is 10.1. The molecule has 150 valence electrons. The second-order valence-corrected chi connectivity index (χ2v) is 6.59. The van der Waals surface area contributed by atoms with Gasteiger partial charge in [-0.3, -0.25) is 14.6 Å². The van der Waals surface area contributed by atoms with Crippen LogP contribution in [0.3, 0.4) is 0 Å². The van der Waals surface area contributed by atoms with Crippen LogP contribution in [0.15, 0.2) is 38.6 Å². The van der Waals surface area contributed by atoms with Crippen molar-refractivity contribution in [2.24, 2.45) is 0 Å². The number of ether oxygens (including phenoxy) is 1. The summed E-state index contributed by atoms with van der Waals surface area (Å²) in [7, 11) is 0. The largest absolute Gasteiger partial charge is 0.476 e. The van der Waals surface area contributed by atoms with Gasteiger partial charge in [-0.25, -0.2) is 14.7 Å². The smallest absolute Gasteiger partial charge is 0.362 e. The number of carboxylic acids is 1. The van der Waals surface area contributed by atoms with E-state index < -0.39 is 22.9 Å². The molecule has 2 aromatic heterocycles. The summed E-state index contributed by atoms with van der Waals surface area (Å²) < 4.78 is 6.27. The molecule has 0 saturated carbocycles. The summed E-state index contributed by atoms with van der Waals surface area (Å²) >= 11 is 6.19. The van der Waals surface area contributed by atoms with Gasteiger partial charge < -0.3 is 9.84 Å². The summed E-state index contributed by atoms with van der Waals surface area (Å²) in [6.45, 7) is 3.69. The van der Waals surface area contributed by atoms with Crippen molar-refractivity contribution in [1.29, 1.82) is 0 Å². The molecule has 0 atom stereocenters. The van der Waals surface area contributed by atoms with Gasteiger partial charge in [0.25, 0.3) is 11.1 Å². The summed E-state index contributed by atoms with van der Waals surface area (Å²) in [5, 5.41) is 18.7. The summed E-state index contributed by atoms with van der Waals surface area (Å²) in [5.74, 6) is -1.37. The zero-order valence-corrected chi connectivity index (χ0v) is 15.9. The van der Waals surface area contributed by atoms with E-state index in [0.717, 1.165) is 0 Å². The quantitative estimate of drug-likeness (QED) is 0.557. The van der Waals surface area contributed by atoms with Gasteiger partial charge in [0.05, 0.1) is 10.7 Å². The number of aromatic nitrogens is 5. The van der Waals surface area contributed by atoms with E-state index in [1.807, 2.05) is 18.8 Å². The van der Waals surface area contributed by atoms with Crippen LogP contribution in [0, 0.1) is 0 Å². The van der Waals surface area contributed by atoms with Crippen LogP contribution in [0.1, 0.15) is 35.8 Å². The molecule has 0 radical (unpaired) electrons. The fourth-order valence-electron chi connectivity index (χ4n) is 2.41. The van der Waals surface area contributed by atoms with Crippen LogP contribution < -0.4 is 21.5 Å². The SMILES string of the molecule is CC(C)c1cc(Oc2ccc(-n3nc(C(=O)O)c(=O)[nH]c3=O)cc2Cl)n[nH]c1=O. The molecule has 3 aromatic rings. The number of nitrogens with one attached hydrogen (secondary N) is 2. The van der Waals surface area contributed by atoms with E-state index in [1.54, 1.807) is 0 Å². The minimum Gasteiger partial charge on any atom is -0.476 e. The standard InChI is InChI=1S/C17H14ClN5O6/c1-7(2)9-6-12(20-21-14(9)24)29-11-4-3-8(5-10(11)18)23-17(28)19-15(25)13(22-23)16(26)27/h3-7H,1-2H3,(H,21,24)(H,26,27)(H,19,25,28). The highest BCUT2D eigenvalue weighted by Gasteiger charge is 2.16. The molecule has 12 heteroatoms. The third-order valence-corrected chi connectivity index (χ3v) is 4.13. The number of benzene rings is 1. The van der Waals surface area contributed by atoms with Gasteiger partial charge >= 0.3 is 11.7 Å². The molecule has 0 aliphatic rings. The maximum atomic E-state index is 12.0. The highest BCUT2D eigenvalue weighted by molar-refractivity contribution is 6.32. The predicted molar refractivity (Wildman–Crippen MR) is 101 cm³/mol. The summed E-state index contributed by atoms with van der Waals surface area (Å²) in [4.78, 5) is 48.2. The molecule has 3 N–H and O–H groups in total. The van der Waals surface area contributed by atoms with Crippen LogP contribution in [0.25, 0.3) is 5.69 Å². The number of rotatable bonds is 5. The van der Waals surface area contributed by atoms with Gasteiger partial charge in [0.15, 0.2) is 0 Å². The number of hydrogen-bond acceptors (Lipinski definition) is 7. The molecule has 0 amide bonds. The molecule has 1 aromatic carbocycles. The van der Waals surface area contributed by atoms with Gasteiger partial charge in [-0.2, -0.15) is 9.78 Å². The van der Waals surface area contributed by atoms with Crippen molar-refractivity contribution in [3.63, 3.8) is 0 Å². The van der Waals surface area contributed by atoms with Crippen LogP contribution in [-0.4, -0.2) is 36.0 Å². The second-order valence-electron chi connectivity index (χ2n) is 6.19. The minimum absolute atomic E-state index is 0.0523. The van der Waals surface area contributed by atoms with Crippen molar-refractivity contribution in [2.45, 2.75) is 19.8 Å². The third-order valence-electron chi connectivity index (χ3n) is 3.84. The van der Waals surface area contributed by atoms with Gasteiger partial charge in [-0.1, -0.05) is 25.4 Å². The average molecular weight is 420 g/mol. The molecule has 0 fully saturated rings. The number of halogens is 1. The van der Waals surface area contributed by atoms with Crippen molar-refractivity contribution >= 4 is 17.6 Å². The molecule has 2 heterocycles. The first kappa shape index (κ1) is 20.0. The third kappa shape index (κ3) is 4.09. The topological polar surface area (TPSA) is 160 Å². The summed E-state index contributed by atoms with van der Waals surface area (Å²) in [6, 6.07) is 5.57. The van der Waals surface area contributed by atoms with Crippen LogP contribution in [0.4, 0.5) is 0 Å². The maximum Gasteiger partial charge on any atom is 0.362 e. The second kappa shape index (κ2) is 7.72. The molecule has 0 aliphatic heterocycles. The van der Waals surface area contributed by atoms with E-state index in [4.69, 9.17) is 21.4 Å². The van der Waals surface area contributed by atoms with Crippen LogP contribution in [-0.2, 0) is 0 Å². The van der Waals surface area contributed by atoms with Crippen molar-refractivity contribution in [1.82, 2.24) is 25.0 Å². The fraction of sp³-hybridized carbons (Fsp3) is 0.176. The van der Waals surface area contributed by atoms with E-state index in [0.29, 0.717) is 10.2 Å². The summed E-state index contributed by atoms with van der Waals surface area (Å²) in [6.07, 6.45) is 0. The lowest BCUT2D eigenvalue weighted by Crippen LogP contribution is -2.35. The molecular weight excluding hydrogens is 406 g/mol. The minimum atomic E-state index is -1.59. The number of nitrogens with zero attached hydrogens (tertiary/aromatic N) is 3. The Morgan fingerprint density at radius 2 is 1.93 bits per heavy atom. The van der Waals surface area contributed by atoms with Crippen molar-refractivity contribution < 1.29 is 14.6 Å². The van der Waals surface area contributed by atoms with Gasteiger partial charge in [-0.15, -0.1) is 5.10 Å². The molecule has 3 rings (SSSR count). The Balaban J connectivity index is 1.98. The Labute approximate surface area is 166 Å². The normalized spacial score (nSPS) is 10.9. The zero-order chi connectivity index (χ0) is 21.3. The average Bonchev–Trinajstić information content (AvgIpc) is 2.64. The number of aromatic amines is 2. The number of H-pyrrole nitrogens is 2. The molecule has 11 nitrogen and oxygen atoms in total. The lowest BCUT2D eigenvalue weighted by molar-refractivity contribution is 0.0685. The molecule has 0 aliphatic carbocycles. The zero-order valence-electron chi connectivity index (χ0n) is 15.1. The Kier molecular flexibility index (Phi) is 5.33. The Morgan fingerprint density at radius 3 is 2.55 bits per heavy atom. The Hall–Kier alpha value is -3.73. The van der Waals surface area contributed by atoms with E-state index in [9.17, 15) is 19.2 Å². The van der Waals surface area contributed by atoms with E-state index in [1.165, 1.54) is 24.3 Å². The molecule has 29 heavy (non-hydrogen) atoms. The monoisotopic (exact) mass is 419 g/mol. The maximum absolute atomic E-state index is 12.0.